The lowest BCUT2D eigenvalue weighted by atomic mass is 10.2. The Hall–Kier alpha value is -1.30. The summed E-state index contributed by atoms with van der Waals surface area (Å²) in [5, 5.41) is 1.36. The Labute approximate surface area is 228 Å². The van der Waals surface area contributed by atoms with Crippen molar-refractivity contribution in [2.75, 3.05) is 32.1 Å². The molecule has 0 radical (unpaired) electrons. The topological polar surface area (TPSA) is 72.9 Å². The van der Waals surface area contributed by atoms with E-state index in [1.54, 1.807) is 35.1 Å². The SMILES string of the molecule is CCCN(CCSc1ccc(OCC(=O)OCC)c(C)c1)S(=O)(=O)c1sc2ccc(Cl)cc2c1Br. The molecule has 3 aromatic rings. The highest BCUT2D eigenvalue weighted by atomic mass is 79.9. The van der Waals surface area contributed by atoms with Crippen LogP contribution in [0.5, 0.6) is 5.75 Å². The van der Waals surface area contributed by atoms with Gasteiger partial charge in [0.25, 0.3) is 10.0 Å². The Kier molecular flexibility index (Phi) is 10.3. The first-order chi connectivity index (χ1) is 16.7. The van der Waals surface area contributed by atoms with E-state index in [0.29, 0.717) is 51.3 Å². The molecule has 0 atom stereocenters. The standard InChI is InChI=1S/C24H27BrClNO5S3/c1-4-10-27(35(29,30)24-23(25)19-14-17(26)6-9-21(19)34-24)11-12-33-18-7-8-20(16(3)13-18)32-15-22(28)31-5-2/h6-9,13-14H,4-5,10-12,15H2,1-3H3. The van der Waals surface area contributed by atoms with Crippen LogP contribution in [0.1, 0.15) is 25.8 Å². The second kappa shape index (κ2) is 12.8. The van der Waals surface area contributed by atoms with Crippen molar-refractivity contribution in [1.82, 2.24) is 4.31 Å². The smallest absolute Gasteiger partial charge is 0.344 e. The van der Waals surface area contributed by atoms with Crippen molar-refractivity contribution < 1.29 is 22.7 Å². The highest BCUT2D eigenvalue weighted by Gasteiger charge is 2.29. The van der Waals surface area contributed by atoms with E-state index in [1.807, 2.05) is 38.1 Å². The van der Waals surface area contributed by atoms with E-state index in [9.17, 15) is 13.2 Å². The van der Waals surface area contributed by atoms with Gasteiger partial charge in [-0.25, -0.2) is 13.2 Å². The number of halogens is 2. The van der Waals surface area contributed by atoms with E-state index >= 15 is 0 Å². The molecule has 0 amide bonds. The van der Waals surface area contributed by atoms with Gasteiger partial charge in [-0.3, -0.25) is 0 Å². The van der Waals surface area contributed by atoms with Gasteiger partial charge in [0.1, 0.15) is 5.75 Å². The number of hydrogen-bond donors (Lipinski definition) is 0. The molecule has 0 aliphatic heterocycles. The Morgan fingerprint density at radius 3 is 2.63 bits per heavy atom. The van der Waals surface area contributed by atoms with Crippen LogP contribution in [0.2, 0.25) is 5.02 Å². The fourth-order valence-corrected chi connectivity index (χ4v) is 9.09. The van der Waals surface area contributed by atoms with Gasteiger partial charge in [0, 0.05) is 38.8 Å². The third kappa shape index (κ3) is 7.14. The molecule has 0 aliphatic rings. The summed E-state index contributed by atoms with van der Waals surface area (Å²) in [5.41, 5.74) is 0.894. The molecule has 190 valence electrons. The molecule has 0 spiro atoms. The second-order valence-electron chi connectivity index (χ2n) is 7.62. The summed E-state index contributed by atoms with van der Waals surface area (Å²) in [6, 6.07) is 11.1. The average molecular weight is 621 g/mol. The summed E-state index contributed by atoms with van der Waals surface area (Å²) < 4.78 is 40.7. The van der Waals surface area contributed by atoms with Gasteiger partial charge in [-0.2, -0.15) is 4.31 Å². The molecule has 35 heavy (non-hydrogen) atoms. The van der Waals surface area contributed by atoms with Gasteiger partial charge in [-0.15, -0.1) is 23.1 Å². The largest absolute Gasteiger partial charge is 0.482 e. The Balaban J connectivity index is 1.68. The molecule has 3 rings (SSSR count). The van der Waals surface area contributed by atoms with E-state index in [1.165, 1.54) is 11.3 Å². The molecular weight excluding hydrogens is 594 g/mol. The number of benzene rings is 2. The summed E-state index contributed by atoms with van der Waals surface area (Å²) in [6.45, 7) is 6.61. The molecule has 0 saturated heterocycles. The van der Waals surface area contributed by atoms with Crippen LogP contribution in [0.25, 0.3) is 10.1 Å². The number of thiophene rings is 1. The predicted molar refractivity (Wildman–Crippen MR) is 148 cm³/mol. The first kappa shape index (κ1) is 28.3. The van der Waals surface area contributed by atoms with Crippen LogP contribution in [-0.4, -0.2) is 50.7 Å². The summed E-state index contributed by atoms with van der Waals surface area (Å²) in [7, 11) is -3.67. The molecule has 2 aromatic carbocycles. The van der Waals surface area contributed by atoms with Crippen molar-refractivity contribution in [2.24, 2.45) is 0 Å². The molecule has 1 heterocycles. The van der Waals surface area contributed by atoms with Crippen LogP contribution in [0.4, 0.5) is 0 Å². The first-order valence-corrected chi connectivity index (χ1v) is 15.5. The quantitative estimate of drug-likeness (QED) is 0.165. The Morgan fingerprint density at radius 2 is 1.94 bits per heavy atom. The van der Waals surface area contributed by atoms with Gasteiger partial charge in [-0.1, -0.05) is 18.5 Å². The van der Waals surface area contributed by atoms with Crippen LogP contribution in [0.3, 0.4) is 0 Å². The maximum atomic E-state index is 13.5. The molecule has 0 N–H and O–H groups in total. The number of thioether (sulfide) groups is 1. The lowest BCUT2D eigenvalue weighted by Crippen LogP contribution is -2.33. The number of carbonyl (C=O) groups excluding carboxylic acids is 1. The molecular formula is C24H27BrClNO5S3. The number of rotatable bonds is 12. The van der Waals surface area contributed by atoms with E-state index < -0.39 is 16.0 Å². The molecule has 11 heteroatoms. The summed E-state index contributed by atoms with van der Waals surface area (Å²) in [6.07, 6.45) is 0.712. The zero-order valence-corrected chi connectivity index (χ0v) is 24.5. The molecule has 0 saturated carbocycles. The summed E-state index contributed by atoms with van der Waals surface area (Å²) >= 11 is 12.4. The van der Waals surface area contributed by atoms with Gasteiger partial charge >= 0.3 is 5.97 Å². The summed E-state index contributed by atoms with van der Waals surface area (Å²) in [5.74, 6) is 0.805. The van der Waals surface area contributed by atoms with Crippen LogP contribution >= 0.6 is 50.6 Å². The van der Waals surface area contributed by atoms with Crippen molar-refractivity contribution in [3.63, 3.8) is 0 Å². The van der Waals surface area contributed by atoms with Crippen molar-refractivity contribution in [3.8, 4) is 5.75 Å². The minimum Gasteiger partial charge on any atom is -0.482 e. The van der Waals surface area contributed by atoms with Crippen molar-refractivity contribution in [2.45, 2.75) is 36.3 Å². The van der Waals surface area contributed by atoms with Crippen LogP contribution in [0.15, 0.2) is 50.0 Å². The molecule has 0 unspecified atom stereocenters. The lowest BCUT2D eigenvalue weighted by Gasteiger charge is -2.21. The number of ether oxygens (including phenoxy) is 2. The number of esters is 1. The maximum Gasteiger partial charge on any atom is 0.344 e. The highest BCUT2D eigenvalue weighted by Crippen LogP contribution is 2.41. The number of sulfonamides is 1. The number of hydrogen-bond acceptors (Lipinski definition) is 7. The summed E-state index contributed by atoms with van der Waals surface area (Å²) in [4.78, 5) is 12.5. The number of fused-ring (bicyclic) bond motifs is 1. The lowest BCUT2D eigenvalue weighted by molar-refractivity contribution is -0.145. The normalized spacial score (nSPS) is 11.8. The number of carbonyl (C=O) groups is 1. The number of aryl methyl sites for hydroxylation is 1. The Morgan fingerprint density at radius 1 is 1.17 bits per heavy atom. The van der Waals surface area contributed by atoms with Gasteiger partial charge in [0.2, 0.25) is 0 Å². The van der Waals surface area contributed by atoms with Gasteiger partial charge in [0.15, 0.2) is 10.8 Å². The first-order valence-electron chi connectivity index (χ1n) is 11.1. The fraction of sp³-hybridized carbons (Fsp3) is 0.375. The zero-order chi connectivity index (χ0) is 25.6. The van der Waals surface area contributed by atoms with Crippen molar-refractivity contribution in [1.29, 1.82) is 0 Å². The molecule has 0 bridgehead atoms. The van der Waals surface area contributed by atoms with Gasteiger partial charge < -0.3 is 9.47 Å². The third-order valence-electron chi connectivity index (χ3n) is 5.01. The minimum absolute atomic E-state index is 0.134. The van der Waals surface area contributed by atoms with E-state index in [4.69, 9.17) is 21.1 Å². The zero-order valence-electron chi connectivity index (χ0n) is 19.7. The molecule has 0 fully saturated rings. The van der Waals surface area contributed by atoms with E-state index in [2.05, 4.69) is 15.9 Å². The van der Waals surface area contributed by atoms with Crippen LogP contribution in [0, 0.1) is 6.92 Å². The molecule has 0 aliphatic carbocycles. The second-order valence-corrected chi connectivity index (χ2v) is 13.2. The monoisotopic (exact) mass is 619 g/mol. The average Bonchev–Trinajstić information content (AvgIpc) is 3.14. The Bertz CT molecular complexity index is 1300. The third-order valence-corrected chi connectivity index (χ3v) is 11.1. The fourth-order valence-electron chi connectivity index (χ4n) is 3.38. The van der Waals surface area contributed by atoms with Gasteiger partial charge in [0.05, 0.1) is 11.1 Å². The predicted octanol–water partition coefficient (Wildman–Crippen LogP) is 6.76. The minimum atomic E-state index is -3.67. The van der Waals surface area contributed by atoms with Crippen molar-refractivity contribution in [3.05, 3.63) is 51.5 Å². The van der Waals surface area contributed by atoms with E-state index in [-0.39, 0.29) is 6.61 Å². The van der Waals surface area contributed by atoms with Crippen molar-refractivity contribution >= 4 is 76.7 Å². The van der Waals surface area contributed by atoms with Gasteiger partial charge in [-0.05, 0) is 78.2 Å². The molecule has 6 nitrogen and oxygen atoms in total. The van der Waals surface area contributed by atoms with Crippen LogP contribution < -0.4 is 4.74 Å². The highest BCUT2D eigenvalue weighted by molar-refractivity contribution is 9.10. The number of nitrogens with zero attached hydrogens (tertiary/aromatic N) is 1. The van der Waals surface area contributed by atoms with Crippen LogP contribution in [-0.2, 0) is 19.6 Å². The maximum absolute atomic E-state index is 13.5. The molecule has 1 aromatic heterocycles. The van der Waals surface area contributed by atoms with E-state index in [0.717, 1.165) is 20.5 Å².